The monoisotopic (exact) mass is 422 g/mol. The molecule has 1 aromatic rings. The van der Waals surface area contributed by atoms with Gasteiger partial charge >= 0.3 is 0 Å². The summed E-state index contributed by atoms with van der Waals surface area (Å²) in [4.78, 5) is 17.6. The molecule has 0 saturated carbocycles. The van der Waals surface area contributed by atoms with Gasteiger partial charge in [0.25, 0.3) is 5.91 Å². The Kier molecular flexibility index (Phi) is 6.55. The summed E-state index contributed by atoms with van der Waals surface area (Å²) in [5.41, 5.74) is 2.19. The predicted molar refractivity (Wildman–Crippen MR) is 117 cm³/mol. The maximum Gasteiger partial charge on any atom is 0.251 e. The largest absolute Gasteiger partial charge is 0.350 e. The number of likely N-dealkylation sites (N-methyl/N-ethyl adjacent to an activating group) is 1. The third-order valence-electron chi connectivity index (χ3n) is 6.10. The highest BCUT2D eigenvalue weighted by atomic mass is 32.2. The van der Waals surface area contributed by atoms with Crippen LogP contribution in [0.4, 0.5) is 5.69 Å². The van der Waals surface area contributed by atoms with E-state index in [1.54, 1.807) is 12.1 Å². The van der Waals surface area contributed by atoms with Crippen LogP contribution in [0.2, 0.25) is 0 Å². The van der Waals surface area contributed by atoms with E-state index in [9.17, 15) is 13.2 Å². The van der Waals surface area contributed by atoms with Crippen LogP contribution in [-0.4, -0.2) is 82.2 Å². The molecule has 3 rings (SSSR count). The number of hydrogen-bond acceptors (Lipinski definition) is 5. The molecule has 0 spiro atoms. The number of anilines is 1. The summed E-state index contributed by atoms with van der Waals surface area (Å²) in [6.45, 7) is 11.1. The van der Waals surface area contributed by atoms with Crippen LogP contribution >= 0.6 is 0 Å². The van der Waals surface area contributed by atoms with E-state index in [1.807, 2.05) is 13.0 Å². The maximum absolute atomic E-state index is 12.8. The highest BCUT2D eigenvalue weighted by Gasteiger charge is 2.33. The van der Waals surface area contributed by atoms with Crippen molar-refractivity contribution in [3.63, 3.8) is 0 Å². The van der Waals surface area contributed by atoms with Gasteiger partial charge in [-0.25, -0.2) is 8.42 Å². The van der Waals surface area contributed by atoms with Gasteiger partial charge < -0.3 is 10.2 Å². The lowest BCUT2D eigenvalue weighted by Crippen LogP contribution is -2.54. The molecule has 0 aliphatic carbocycles. The molecule has 1 saturated heterocycles. The fraction of sp³-hybridized carbons (Fsp3) is 0.667. The number of amides is 1. The molecule has 1 fully saturated rings. The van der Waals surface area contributed by atoms with Gasteiger partial charge in [0.05, 0.1) is 11.9 Å². The molecular weight excluding hydrogens is 388 g/mol. The van der Waals surface area contributed by atoms with E-state index in [1.165, 1.54) is 10.6 Å². The smallest absolute Gasteiger partial charge is 0.251 e. The minimum atomic E-state index is -3.32. The Balaban J connectivity index is 1.67. The minimum Gasteiger partial charge on any atom is -0.350 e. The van der Waals surface area contributed by atoms with E-state index in [0.29, 0.717) is 36.2 Å². The SMILES string of the molecule is CC(C)C(CNC(=O)c1ccc2c(c1)CC(C)N2S(C)(=O)=O)N1CCN(C)CC1. The highest BCUT2D eigenvalue weighted by Crippen LogP contribution is 2.34. The molecule has 2 aliphatic heterocycles. The van der Waals surface area contributed by atoms with E-state index in [2.05, 4.69) is 36.0 Å². The standard InChI is InChI=1S/C21H34N4O3S/c1-15(2)20(24-10-8-23(4)9-11-24)14-22-21(26)17-6-7-19-18(13-17)12-16(3)25(19)29(5,27)28/h6-7,13,15-16,20H,8-12,14H2,1-5H3,(H,22,26). The molecule has 8 heteroatoms. The van der Waals surface area contributed by atoms with Crippen molar-refractivity contribution < 1.29 is 13.2 Å². The first-order valence-electron chi connectivity index (χ1n) is 10.4. The molecule has 29 heavy (non-hydrogen) atoms. The molecule has 1 amide bonds. The Labute approximate surface area is 175 Å². The normalized spacial score (nSPS) is 22.0. The summed E-state index contributed by atoms with van der Waals surface area (Å²) in [6.07, 6.45) is 1.85. The predicted octanol–water partition coefficient (Wildman–Crippen LogP) is 1.40. The van der Waals surface area contributed by atoms with Crippen LogP contribution in [0, 0.1) is 5.92 Å². The molecule has 2 atom stereocenters. The lowest BCUT2D eigenvalue weighted by atomic mass is 10.0. The van der Waals surface area contributed by atoms with Gasteiger partial charge in [0.1, 0.15) is 0 Å². The second-order valence-electron chi connectivity index (χ2n) is 8.82. The van der Waals surface area contributed by atoms with Crippen LogP contribution in [0.5, 0.6) is 0 Å². The molecular formula is C21H34N4O3S. The zero-order chi connectivity index (χ0) is 21.3. The first-order chi connectivity index (χ1) is 13.6. The first kappa shape index (κ1) is 22.1. The van der Waals surface area contributed by atoms with Crippen LogP contribution in [0.15, 0.2) is 18.2 Å². The number of fused-ring (bicyclic) bond motifs is 1. The number of nitrogens with zero attached hydrogens (tertiary/aromatic N) is 3. The summed E-state index contributed by atoms with van der Waals surface area (Å²) in [5.74, 6) is 0.348. The second kappa shape index (κ2) is 8.62. The van der Waals surface area contributed by atoms with E-state index in [0.717, 1.165) is 31.7 Å². The van der Waals surface area contributed by atoms with Crippen molar-refractivity contribution in [2.75, 3.05) is 50.3 Å². The average Bonchev–Trinajstić information content (AvgIpc) is 2.97. The second-order valence-corrected chi connectivity index (χ2v) is 10.7. The molecule has 1 aromatic carbocycles. The highest BCUT2D eigenvalue weighted by molar-refractivity contribution is 7.92. The first-order valence-corrected chi connectivity index (χ1v) is 12.3. The van der Waals surface area contributed by atoms with Gasteiger partial charge in [0, 0.05) is 50.4 Å². The summed E-state index contributed by atoms with van der Waals surface area (Å²) in [7, 11) is -1.18. The molecule has 0 radical (unpaired) electrons. The van der Waals surface area contributed by atoms with Gasteiger partial charge in [-0.05, 0) is 50.1 Å². The summed E-state index contributed by atoms with van der Waals surface area (Å²) >= 11 is 0. The van der Waals surface area contributed by atoms with E-state index in [4.69, 9.17) is 0 Å². The van der Waals surface area contributed by atoms with Crippen molar-refractivity contribution in [1.29, 1.82) is 0 Å². The Hall–Kier alpha value is -1.64. The third kappa shape index (κ3) is 4.92. The maximum atomic E-state index is 12.8. The van der Waals surface area contributed by atoms with Gasteiger partial charge in [0.15, 0.2) is 0 Å². The number of carbonyl (C=O) groups is 1. The van der Waals surface area contributed by atoms with Crippen molar-refractivity contribution in [1.82, 2.24) is 15.1 Å². The third-order valence-corrected chi connectivity index (χ3v) is 7.37. The molecule has 162 valence electrons. The van der Waals surface area contributed by atoms with E-state index >= 15 is 0 Å². The van der Waals surface area contributed by atoms with Gasteiger partial charge in [-0.3, -0.25) is 14.0 Å². The van der Waals surface area contributed by atoms with Crippen LogP contribution in [0.1, 0.15) is 36.7 Å². The van der Waals surface area contributed by atoms with Gasteiger partial charge in [0.2, 0.25) is 10.0 Å². The zero-order valence-corrected chi connectivity index (χ0v) is 19.0. The van der Waals surface area contributed by atoms with Crippen molar-refractivity contribution in [3.8, 4) is 0 Å². The van der Waals surface area contributed by atoms with Gasteiger partial charge in [-0.2, -0.15) is 0 Å². The topological polar surface area (TPSA) is 73.0 Å². The van der Waals surface area contributed by atoms with E-state index < -0.39 is 10.0 Å². The van der Waals surface area contributed by atoms with E-state index in [-0.39, 0.29) is 11.9 Å². The molecule has 0 aromatic heterocycles. The molecule has 1 N–H and O–H groups in total. The van der Waals surface area contributed by atoms with Crippen LogP contribution < -0.4 is 9.62 Å². The Morgan fingerprint density at radius 1 is 1.21 bits per heavy atom. The Morgan fingerprint density at radius 3 is 2.45 bits per heavy atom. The Bertz CT molecular complexity index is 847. The quantitative estimate of drug-likeness (QED) is 0.750. The summed E-state index contributed by atoms with van der Waals surface area (Å²) in [5, 5.41) is 3.11. The van der Waals surface area contributed by atoms with Crippen molar-refractivity contribution >= 4 is 21.6 Å². The van der Waals surface area contributed by atoms with Gasteiger partial charge in [-0.15, -0.1) is 0 Å². The molecule has 2 heterocycles. The fourth-order valence-corrected chi connectivity index (χ4v) is 5.75. The van der Waals surface area contributed by atoms with Crippen LogP contribution in [0.25, 0.3) is 0 Å². The number of benzene rings is 1. The minimum absolute atomic E-state index is 0.0990. The number of piperazine rings is 1. The van der Waals surface area contributed by atoms with Crippen LogP contribution in [-0.2, 0) is 16.4 Å². The molecule has 0 bridgehead atoms. The number of sulfonamides is 1. The molecule has 7 nitrogen and oxygen atoms in total. The average molecular weight is 423 g/mol. The summed E-state index contributed by atoms with van der Waals surface area (Å²) < 4.78 is 25.6. The van der Waals surface area contributed by atoms with Gasteiger partial charge in [-0.1, -0.05) is 13.8 Å². The number of carbonyl (C=O) groups excluding carboxylic acids is 1. The summed E-state index contributed by atoms with van der Waals surface area (Å²) in [6, 6.07) is 5.51. The van der Waals surface area contributed by atoms with Crippen LogP contribution in [0.3, 0.4) is 0 Å². The molecule has 2 unspecified atom stereocenters. The van der Waals surface area contributed by atoms with Crippen molar-refractivity contribution in [2.45, 2.75) is 39.3 Å². The number of hydrogen-bond donors (Lipinski definition) is 1. The number of nitrogens with one attached hydrogen (secondary N) is 1. The van der Waals surface area contributed by atoms with Crippen molar-refractivity contribution in [2.24, 2.45) is 5.92 Å². The lowest BCUT2D eigenvalue weighted by molar-refractivity contribution is 0.0791. The molecule has 2 aliphatic rings. The Morgan fingerprint density at radius 2 is 1.86 bits per heavy atom. The fourth-order valence-electron chi connectivity index (χ4n) is 4.49. The lowest BCUT2D eigenvalue weighted by Gasteiger charge is -2.39. The number of rotatable bonds is 6. The van der Waals surface area contributed by atoms with Crippen molar-refractivity contribution in [3.05, 3.63) is 29.3 Å². The zero-order valence-electron chi connectivity index (χ0n) is 18.2.